The molecule has 1 fully saturated rings. The van der Waals surface area contributed by atoms with Gasteiger partial charge in [0.25, 0.3) is 0 Å². The second kappa shape index (κ2) is 11.6. The fraction of sp³-hybridized carbons (Fsp3) is 0.500. The van der Waals surface area contributed by atoms with E-state index in [2.05, 4.69) is 68.1 Å². The van der Waals surface area contributed by atoms with Crippen molar-refractivity contribution in [2.24, 2.45) is 4.99 Å². The summed E-state index contributed by atoms with van der Waals surface area (Å²) in [5, 5.41) is 10.2. The Balaban J connectivity index is 0.00000261. The van der Waals surface area contributed by atoms with E-state index in [1.807, 2.05) is 7.05 Å². The molecule has 5 nitrogen and oxygen atoms in total. The van der Waals surface area contributed by atoms with Crippen molar-refractivity contribution < 1.29 is 0 Å². The third kappa shape index (κ3) is 6.73. The molecular formula is C20H30IN5S. The summed E-state index contributed by atoms with van der Waals surface area (Å²) in [6.45, 7) is 5.97. The van der Waals surface area contributed by atoms with Crippen LogP contribution in [-0.2, 0) is 19.5 Å². The number of hydrogen-bond donors (Lipinski definition) is 2. The van der Waals surface area contributed by atoms with Gasteiger partial charge in [-0.2, -0.15) is 0 Å². The van der Waals surface area contributed by atoms with Crippen molar-refractivity contribution in [3.05, 3.63) is 52.0 Å². The maximum Gasteiger partial charge on any atom is 0.191 e. The van der Waals surface area contributed by atoms with Crippen LogP contribution < -0.4 is 10.6 Å². The molecular weight excluding hydrogens is 469 g/mol. The number of hydrogen-bond acceptors (Lipinski definition) is 4. The predicted octanol–water partition coefficient (Wildman–Crippen LogP) is 3.65. The minimum atomic E-state index is 0. The van der Waals surface area contributed by atoms with E-state index < -0.39 is 0 Å². The van der Waals surface area contributed by atoms with Crippen molar-refractivity contribution >= 4 is 41.3 Å². The number of aryl methyl sites for hydroxylation is 1. The van der Waals surface area contributed by atoms with E-state index in [0.29, 0.717) is 12.6 Å². The summed E-state index contributed by atoms with van der Waals surface area (Å²) in [7, 11) is 1.82. The molecule has 1 saturated heterocycles. The van der Waals surface area contributed by atoms with Gasteiger partial charge in [-0.25, -0.2) is 4.98 Å². The highest BCUT2D eigenvalue weighted by atomic mass is 127. The largest absolute Gasteiger partial charge is 0.355 e. The highest BCUT2D eigenvalue weighted by Gasteiger charge is 2.24. The Morgan fingerprint density at radius 3 is 2.81 bits per heavy atom. The summed E-state index contributed by atoms with van der Waals surface area (Å²) in [5.41, 5.74) is 2.47. The minimum Gasteiger partial charge on any atom is -0.355 e. The average Bonchev–Trinajstić information content (AvgIpc) is 3.32. The summed E-state index contributed by atoms with van der Waals surface area (Å²) in [6, 6.07) is 11.3. The first-order valence-electron chi connectivity index (χ1n) is 9.44. The Kier molecular flexibility index (Phi) is 9.50. The van der Waals surface area contributed by atoms with Gasteiger partial charge in [-0.05, 0) is 31.4 Å². The van der Waals surface area contributed by atoms with Crippen LogP contribution in [0, 0.1) is 0 Å². The minimum absolute atomic E-state index is 0. The number of nitrogens with zero attached hydrogens (tertiary/aromatic N) is 3. The topological polar surface area (TPSA) is 52.6 Å². The SMILES string of the molecule is CCc1nc(CNC(=NC)NCC2CCCN2Cc2ccccc2)cs1.I. The van der Waals surface area contributed by atoms with Crippen LogP contribution in [0.25, 0.3) is 0 Å². The molecule has 27 heavy (non-hydrogen) atoms. The molecule has 1 aliphatic rings. The molecule has 148 valence electrons. The number of likely N-dealkylation sites (tertiary alicyclic amines) is 1. The van der Waals surface area contributed by atoms with Crippen LogP contribution in [0.3, 0.4) is 0 Å². The lowest BCUT2D eigenvalue weighted by atomic mass is 10.2. The average molecular weight is 499 g/mol. The van der Waals surface area contributed by atoms with Gasteiger partial charge in [-0.3, -0.25) is 9.89 Å². The molecule has 2 aromatic rings. The lowest BCUT2D eigenvalue weighted by molar-refractivity contribution is 0.245. The Labute approximate surface area is 183 Å². The van der Waals surface area contributed by atoms with Crippen LogP contribution in [0.15, 0.2) is 40.7 Å². The maximum atomic E-state index is 4.60. The zero-order valence-corrected chi connectivity index (χ0v) is 19.3. The number of guanidine groups is 1. The van der Waals surface area contributed by atoms with E-state index in [1.165, 1.54) is 30.0 Å². The van der Waals surface area contributed by atoms with Gasteiger partial charge < -0.3 is 10.6 Å². The predicted molar refractivity (Wildman–Crippen MR) is 125 cm³/mol. The number of rotatable bonds is 7. The van der Waals surface area contributed by atoms with Crippen LogP contribution in [0.5, 0.6) is 0 Å². The highest BCUT2D eigenvalue weighted by Crippen LogP contribution is 2.19. The van der Waals surface area contributed by atoms with Crippen molar-refractivity contribution in [1.82, 2.24) is 20.5 Å². The second-order valence-electron chi connectivity index (χ2n) is 6.64. The van der Waals surface area contributed by atoms with Gasteiger partial charge in [0.2, 0.25) is 0 Å². The molecule has 2 heterocycles. The molecule has 1 aliphatic heterocycles. The number of aliphatic imine (C=N–C) groups is 1. The number of nitrogens with one attached hydrogen (secondary N) is 2. The van der Waals surface area contributed by atoms with Crippen molar-refractivity contribution in [2.75, 3.05) is 20.1 Å². The van der Waals surface area contributed by atoms with E-state index in [4.69, 9.17) is 0 Å². The van der Waals surface area contributed by atoms with E-state index in [0.717, 1.165) is 31.2 Å². The molecule has 1 aromatic carbocycles. The Bertz CT molecular complexity index is 703. The lowest BCUT2D eigenvalue weighted by Crippen LogP contribution is -2.44. The second-order valence-corrected chi connectivity index (χ2v) is 7.59. The molecule has 2 N–H and O–H groups in total. The van der Waals surface area contributed by atoms with Crippen LogP contribution >= 0.6 is 35.3 Å². The summed E-state index contributed by atoms with van der Waals surface area (Å²) < 4.78 is 0. The fourth-order valence-corrected chi connectivity index (χ4v) is 4.10. The Morgan fingerprint density at radius 2 is 2.11 bits per heavy atom. The van der Waals surface area contributed by atoms with Gasteiger partial charge in [-0.1, -0.05) is 37.3 Å². The Morgan fingerprint density at radius 1 is 1.30 bits per heavy atom. The molecule has 0 saturated carbocycles. The van der Waals surface area contributed by atoms with Gasteiger partial charge in [0.15, 0.2) is 5.96 Å². The van der Waals surface area contributed by atoms with Crippen molar-refractivity contribution in [3.63, 3.8) is 0 Å². The third-order valence-corrected chi connectivity index (χ3v) is 5.84. The first kappa shape index (κ1) is 22.1. The van der Waals surface area contributed by atoms with Crippen LogP contribution in [0.1, 0.15) is 36.0 Å². The van der Waals surface area contributed by atoms with Crippen molar-refractivity contribution in [1.29, 1.82) is 0 Å². The molecule has 1 aromatic heterocycles. The summed E-state index contributed by atoms with van der Waals surface area (Å²) >= 11 is 1.73. The molecule has 1 unspecified atom stereocenters. The summed E-state index contributed by atoms with van der Waals surface area (Å²) in [5.74, 6) is 0.850. The van der Waals surface area contributed by atoms with Crippen molar-refractivity contribution in [2.45, 2.75) is 45.3 Å². The van der Waals surface area contributed by atoms with Gasteiger partial charge in [0, 0.05) is 31.6 Å². The molecule has 3 rings (SSSR count). The first-order chi connectivity index (χ1) is 12.8. The van der Waals surface area contributed by atoms with Crippen LogP contribution in [-0.4, -0.2) is 42.0 Å². The number of benzene rings is 1. The quantitative estimate of drug-likeness (QED) is 0.347. The molecule has 7 heteroatoms. The lowest BCUT2D eigenvalue weighted by Gasteiger charge is -2.25. The molecule has 0 aliphatic carbocycles. The maximum absolute atomic E-state index is 4.60. The van der Waals surface area contributed by atoms with Gasteiger partial charge >= 0.3 is 0 Å². The van der Waals surface area contributed by atoms with E-state index in [1.54, 1.807) is 11.3 Å². The number of thiazole rings is 1. The van der Waals surface area contributed by atoms with Gasteiger partial charge in [0.1, 0.15) is 0 Å². The van der Waals surface area contributed by atoms with E-state index >= 15 is 0 Å². The molecule has 0 radical (unpaired) electrons. The summed E-state index contributed by atoms with van der Waals surface area (Å²) in [6.07, 6.45) is 3.50. The van der Waals surface area contributed by atoms with Gasteiger partial charge in [-0.15, -0.1) is 35.3 Å². The summed E-state index contributed by atoms with van der Waals surface area (Å²) in [4.78, 5) is 11.5. The Hall–Kier alpha value is -1.19. The zero-order chi connectivity index (χ0) is 18.2. The zero-order valence-electron chi connectivity index (χ0n) is 16.1. The molecule has 0 amide bonds. The third-order valence-electron chi connectivity index (χ3n) is 4.80. The number of aromatic nitrogens is 1. The normalized spacial score (nSPS) is 17.6. The smallest absolute Gasteiger partial charge is 0.191 e. The molecule has 1 atom stereocenters. The monoisotopic (exact) mass is 499 g/mol. The van der Waals surface area contributed by atoms with E-state index in [9.17, 15) is 0 Å². The van der Waals surface area contributed by atoms with Crippen LogP contribution in [0.2, 0.25) is 0 Å². The standard InChI is InChI=1S/C20H29N5S.HI/c1-3-19-24-17(15-26-19)12-22-20(21-2)23-13-18-10-7-11-25(18)14-16-8-5-4-6-9-16;/h4-6,8-9,15,18H,3,7,10-14H2,1-2H3,(H2,21,22,23);1H. The van der Waals surface area contributed by atoms with E-state index in [-0.39, 0.29) is 24.0 Å². The highest BCUT2D eigenvalue weighted by molar-refractivity contribution is 14.0. The fourth-order valence-electron chi connectivity index (χ4n) is 3.35. The molecule has 0 spiro atoms. The molecule has 0 bridgehead atoms. The van der Waals surface area contributed by atoms with Crippen LogP contribution in [0.4, 0.5) is 0 Å². The number of halogens is 1. The van der Waals surface area contributed by atoms with Gasteiger partial charge in [0.05, 0.1) is 17.2 Å². The van der Waals surface area contributed by atoms with Crippen molar-refractivity contribution in [3.8, 4) is 0 Å². The first-order valence-corrected chi connectivity index (χ1v) is 10.3.